The van der Waals surface area contributed by atoms with Gasteiger partial charge in [-0.05, 0) is 32.6 Å². The molecule has 0 aliphatic carbocycles. The van der Waals surface area contributed by atoms with Crippen molar-refractivity contribution in [2.24, 2.45) is 11.7 Å². The lowest BCUT2D eigenvalue weighted by molar-refractivity contribution is 0.0215. The molecule has 2 N–H and O–H groups in total. The van der Waals surface area contributed by atoms with E-state index < -0.39 is 0 Å². The van der Waals surface area contributed by atoms with Gasteiger partial charge in [0, 0.05) is 19.3 Å². The molecule has 1 rings (SSSR count). The van der Waals surface area contributed by atoms with E-state index in [1.807, 2.05) is 13.8 Å². The highest BCUT2D eigenvalue weighted by Gasteiger charge is 2.20. The first-order valence-corrected chi connectivity index (χ1v) is 5.15. The molecule has 1 saturated heterocycles. The highest BCUT2D eigenvalue weighted by Crippen LogP contribution is 2.17. The van der Waals surface area contributed by atoms with Gasteiger partial charge in [0.05, 0.1) is 12.7 Å². The second-order valence-corrected chi connectivity index (χ2v) is 4.00. The zero-order valence-corrected chi connectivity index (χ0v) is 8.66. The summed E-state index contributed by atoms with van der Waals surface area (Å²) in [5.41, 5.74) is 6.02. The monoisotopic (exact) mass is 187 g/mol. The molecule has 0 radical (unpaired) electrons. The van der Waals surface area contributed by atoms with Crippen LogP contribution < -0.4 is 5.73 Å². The van der Waals surface area contributed by atoms with Gasteiger partial charge in [0.25, 0.3) is 0 Å². The summed E-state index contributed by atoms with van der Waals surface area (Å²) in [6.45, 7) is 6.48. The fourth-order valence-corrected chi connectivity index (χ4v) is 1.58. The maximum atomic E-state index is 6.02. The van der Waals surface area contributed by atoms with Crippen molar-refractivity contribution in [3.8, 4) is 0 Å². The topological polar surface area (TPSA) is 44.5 Å². The minimum atomic E-state index is 0.186. The highest BCUT2D eigenvalue weighted by molar-refractivity contribution is 4.75. The Morgan fingerprint density at radius 3 is 2.54 bits per heavy atom. The third-order valence-corrected chi connectivity index (χ3v) is 2.49. The lowest BCUT2D eigenvalue weighted by Crippen LogP contribution is -2.38. The lowest BCUT2D eigenvalue weighted by atomic mass is 9.93. The van der Waals surface area contributed by atoms with E-state index in [1.54, 1.807) is 0 Å². The Morgan fingerprint density at radius 1 is 1.38 bits per heavy atom. The molecule has 0 bridgehead atoms. The van der Waals surface area contributed by atoms with Gasteiger partial charge < -0.3 is 15.2 Å². The van der Waals surface area contributed by atoms with Gasteiger partial charge in [0.15, 0.2) is 0 Å². The Morgan fingerprint density at radius 2 is 2.00 bits per heavy atom. The zero-order valence-electron chi connectivity index (χ0n) is 8.66. The molecule has 1 atom stereocenters. The molecule has 1 heterocycles. The first-order chi connectivity index (χ1) is 6.20. The van der Waals surface area contributed by atoms with Crippen LogP contribution >= 0.6 is 0 Å². The van der Waals surface area contributed by atoms with Crippen LogP contribution in [0.25, 0.3) is 0 Å². The number of ether oxygens (including phenoxy) is 2. The lowest BCUT2D eigenvalue weighted by Gasteiger charge is -2.27. The van der Waals surface area contributed by atoms with Crippen LogP contribution in [0.3, 0.4) is 0 Å². The Balaban J connectivity index is 2.17. The van der Waals surface area contributed by atoms with E-state index >= 15 is 0 Å². The zero-order chi connectivity index (χ0) is 9.68. The van der Waals surface area contributed by atoms with E-state index in [1.165, 1.54) is 0 Å². The van der Waals surface area contributed by atoms with E-state index in [0.29, 0.717) is 12.5 Å². The van der Waals surface area contributed by atoms with Crippen LogP contribution in [-0.2, 0) is 9.47 Å². The number of hydrogen-bond acceptors (Lipinski definition) is 3. The molecule has 0 spiro atoms. The molecule has 1 fully saturated rings. The summed E-state index contributed by atoms with van der Waals surface area (Å²) < 4.78 is 10.8. The number of nitrogens with two attached hydrogens (primary N) is 1. The van der Waals surface area contributed by atoms with Gasteiger partial charge in [-0.3, -0.25) is 0 Å². The fourth-order valence-electron chi connectivity index (χ4n) is 1.58. The fraction of sp³-hybridized carbons (Fsp3) is 1.00. The smallest absolute Gasteiger partial charge is 0.0623 e. The highest BCUT2D eigenvalue weighted by atomic mass is 16.5. The first-order valence-electron chi connectivity index (χ1n) is 5.15. The average molecular weight is 187 g/mol. The van der Waals surface area contributed by atoms with E-state index in [0.717, 1.165) is 26.1 Å². The maximum absolute atomic E-state index is 6.02. The summed E-state index contributed by atoms with van der Waals surface area (Å²) in [5, 5.41) is 0. The van der Waals surface area contributed by atoms with Crippen molar-refractivity contribution >= 4 is 0 Å². The molecular formula is C10H21NO2. The Kier molecular flexibility index (Phi) is 4.70. The molecule has 1 aliphatic rings. The molecule has 3 heteroatoms. The molecule has 0 aromatic rings. The summed E-state index contributed by atoms with van der Waals surface area (Å²) >= 11 is 0. The van der Waals surface area contributed by atoms with E-state index in [4.69, 9.17) is 15.2 Å². The standard InChI is InChI=1S/C10H21NO2/c1-8(2)13-7-10(11)9-3-5-12-6-4-9/h8-10H,3-7,11H2,1-2H3. The van der Waals surface area contributed by atoms with Crippen LogP contribution in [0.4, 0.5) is 0 Å². The largest absolute Gasteiger partial charge is 0.381 e. The minimum absolute atomic E-state index is 0.186. The predicted octanol–water partition coefficient (Wildman–Crippen LogP) is 1.17. The maximum Gasteiger partial charge on any atom is 0.0623 e. The van der Waals surface area contributed by atoms with Crippen LogP contribution in [0.5, 0.6) is 0 Å². The van der Waals surface area contributed by atoms with Crippen LogP contribution in [0.1, 0.15) is 26.7 Å². The molecular weight excluding hydrogens is 166 g/mol. The van der Waals surface area contributed by atoms with Crippen LogP contribution in [0, 0.1) is 5.92 Å². The average Bonchev–Trinajstić information content (AvgIpc) is 2.15. The quantitative estimate of drug-likeness (QED) is 0.718. The third kappa shape index (κ3) is 4.07. The second kappa shape index (κ2) is 5.58. The summed E-state index contributed by atoms with van der Waals surface area (Å²) in [4.78, 5) is 0. The molecule has 0 amide bonds. The van der Waals surface area contributed by atoms with Crippen LogP contribution in [-0.4, -0.2) is 32.0 Å². The van der Waals surface area contributed by atoms with Gasteiger partial charge in [-0.15, -0.1) is 0 Å². The van der Waals surface area contributed by atoms with Gasteiger partial charge in [-0.25, -0.2) is 0 Å². The van der Waals surface area contributed by atoms with Crippen molar-refractivity contribution in [3.05, 3.63) is 0 Å². The molecule has 78 valence electrons. The van der Waals surface area contributed by atoms with Crippen molar-refractivity contribution < 1.29 is 9.47 Å². The Hall–Kier alpha value is -0.120. The van der Waals surface area contributed by atoms with E-state index in [9.17, 15) is 0 Å². The van der Waals surface area contributed by atoms with Crippen LogP contribution in [0.2, 0.25) is 0 Å². The number of hydrogen-bond donors (Lipinski definition) is 1. The van der Waals surface area contributed by atoms with Gasteiger partial charge in [0.2, 0.25) is 0 Å². The summed E-state index contributed by atoms with van der Waals surface area (Å²) in [6.07, 6.45) is 2.46. The Bertz CT molecular complexity index is 133. The second-order valence-electron chi connectivity index (χ2n) is 4.00. The first kappa shape index (κ1) is 11.0. The van der Waals surface area contributed by atoms with Crippen molar-refractivity contribution in [1.29, 1.82) is 0 Å². The Labute approximate surface area is 80.6 Å². The van der Waals surface area contributed by atoms with Crippen molar-refractivity contribution in [2.45, 2.75) is 38.8 Å². The molecule has 13 heavy (non-hydrogen) atoms. The van der Waals surface area contributed by atoms with E-state index in [2.05, 4.69) is 0 Å². The van der Waals surface area contributed by atoms with E-state index in [-0.39, 0.29) is 12.1 Å². The van der Waals surface area contributed by atoms with Gasteiger partial charge >= 0.3 is 0 Å². The molecule has 0 aromatic heterocycles. The molecule has 0 aromatic carbocycles. The normalized spacial score (nSPS) is 22.2. The molecule has 1 aliphatic heterocycles. The summed E-state index contributed by atoms with van der Waals surface area (Å²) in [7, 11) is 0. The summed E-state index contributed by atoms with van der Waals surface area (Å²) in [6, 6.07) is 0.186. The van der Waals surface area contributed by atoms with Crippen LogP contribution in [0.15, 0.2) is 0 Å². The SMILES string of the molecule is CC(C)OCC(N)C1CCOCC1. The predicted molar refractivity (Wildman–Crippen MR) is 52.6 cm³/mol. The van der Waals surface area contributed by atoms with Crippen molar-refractivity contribution in [2.75, 3.05) is 19.8 Å². The molecule has 3 nitrogen and oxygen atoms in total. The van der Waals surface area contributed by atoms with Gasteiger partial charge in [0.1, 0.15) is 0 Å². The summed E-state index contributed by atoms with van der Waals surface area (Å²) in [5.74, 6) is 0.590. The van der Waals surface area contributed by atoms with Crippen molar-refractivity contribution in [3.63, 3.8) is 0 Å². The third-order valence-electron chi connectivity index (χ3n) is 2.49. The van der Waals surface area contributed by atoms with Crippen molar-refractivity contribution in [1.82, 2.24) is 0 Å². The molecule has 1 unspecified atom stereocenters. The minimum Gasteiger partial charge on any atom is -0.381 e. The van der Waals surface area contributed by atoms with Gasteiger partial charge in [-0.2, -0.15) is 0 Å². The molecule has 0 saturated carbocycles. The van der Waals surface area contributed by atoms with Gasteiger partial charge in [-0.1, -0.05) is 0 Å². The number of rotatable bonds is 4.